The number of ether oxygens (including phenoxy) is 2. The summed E-state index contributed by atoms with van der Waals surface area (Å²) in [6, 6.07) is 13.7. The van der Waals surface area contributed by atoms with Crippen molar-refractivity contribution < 1.29 is 19.4 Å². The zero-order valence-corrected chi connectivity index (χ0v) is 20.0. The predicted molar refractivity (Wildman–Crippen MR) is 132 cm³/mol. The van der Waals surface area contributed by atoms with E-state index in [0.717, 1.165) is 47.8 Å². The molecule has 3 rings (SSSR count). The molecule has 32 heavy (non-hydrogen) atoms. The Hall–Kier alpha value is -2.02. The Bertz CT molecular complexity index is 855. The van der Waals surface area contributed by atoms with E-state index in [1.54, 1.807) is 12.1 Å². The van der Waals surface area contributed by atoms with Gasteiger partial charge in [0.25, 0.3) is 0 Å². The van der Waals surface area contributed by atoms with Crippen LogP contribution in [0.4, 0.5) is 0 Å². The number of esters is 1. The van der Waals surface area contributed by atoms with Gasteiger partial charge in [0.15, 0.2) is 0 Å². The van der Waals surface area contributed by atoms with Crippen molar-refractivity contribution in [1.29, 1.82) is 0 Å². The number of carbonyl (C=O) groups excluding carboxylic acids is 1. The summed E-state index contributed by atoms with van der Waals surface area (Å²) in [5.74, 6) is 2.53. The Balaban J connectivity index is 1.45. The van der Waals surface area contributed by atoms with Crippen LogP contribution in [0.3, 0.4) is 0 Å². The summed E-state index contributed by atoms with van der Waals surface area (Å²) in [5, 5.41) is 13.5. The summed E-state index contributed by atoms with van der Waals surface area (Å²) in [4.78, 5) is 11.6. The summed E-state index contributed by atoms with van der Waals surface area (Å²) in [5.41, 5.74) is 3.93. The number of rotatable bonds is 12. The molecule has 1 aliphatic rings. The number of fused-ring (bicyclic) bond motifs is 1. The van der Waals surface area contributed by atoms with E-state index >= 15 is 0 Å². The maximum absolute atomic E-state index is 11.6. The first-order chi connectivity index (χ1) is 15.6. The van der Waals surface area contributed by atoms with Crippen LogP contribution < -0.4 is 10.1 Å². The third-order valence-corrected chi connectivity index (χ3v) is 6.88. The van der Waals surface area contributed by atoms with Gasteiger partial charge in [-0.25, -0.2) is 4.79 Å². The van der Waals surface area contributed by atoms with Gasteiger partial charge in [-0.1, -0.05) is 38.0 Å². The van der Waals surface area contributed by atoms with Gasteiger partial charge < -0.3 is 19.9 Å². The van der Waals surface area contributed by atoms with Crippen molar-refractivity contribution >= 4 is 17.7 Å². The van der Waals surface area contributed by atoms with Gasteiger partial charge in [0.2, 0.25) is 0 Å². The molecule has 0 aliphatic carbocycles. The molecule has 2 aromatic rings. The van der Waals surface area contributed by atoms with E-state index in [2.05, 4.69) is 24.4 Å². The Kier molecular flexibility index (Phi) is 9.90. The SMILES string of the molecule is CCCCCSC[C@@H](O)CNC[C@H]1CCc2cc(-c3ccc(C(=O)OC)cc3)ccc2O1. The summed E-state index contributed by atoms with van der Waals surface area (Å²) in [6.07, 6.45) is 5.46. The number of nitrogens with one attached hydrogen (secondary N) is 1. The van der Waals surface area contributed by atoms with Crippen molar-refractivity contribution in [2.75, 3.05) is 31.7 Å². The highest BCUT2D eigenvalue weighted by Gasteiger charge is 2.20. The smallest absolute Gasteiger partial charge is 0.337 e. The highest BCUT2D eigenvalue weighted by molar-refractivity contribution is 7.99. The van der Waals surface area contributed by atoms with Crippen molar-refractivity contribution in [3.63, 3.8) is 0 Å². The zero-order valence-electron chi connectivity index (χ0n) is 19.1. The number of thioether (sulfide) groups is 1. The topological polar surface area (TPSA) is 67.8 Å². The van der Waals surface area contributed by atoms with Crippen LogP contribution in [0.15, 0.2) is 42.5 Å². The molecule has 0 aromatic heterocycles. The van der Waals surface area contributed by atoms with Crippen LogP contribution in [0.5, 0.6) is 5.75 Å². The number of carbonyl (C=O) groups is 1. The molecule has 0 saturated carbocycles. The predicted octanol–water partition coefficient (Wildman–Crippen LogP) is 4.71. The van der Waals surface area contributed by atoms with Crippen molar-refractivity contribution in [3.05, 3.63) is 53.6 Å². The molecule has 0 fully saturated rings. The number of aryl methyl sites for hydroxylation is 1. The molecule has 1 heterocycles. The number of hydrogen-bond donors (Lipinski definition) is 2. The Morgan fingerprint density at radius 3 is 2.75 bits per heavy atom. The van der Waals surface area contributed by atoms with E-state index < -0.39 is 0 Å². The minimum absolute atomic E-state index is 0.122. The largest absolute Gasteiger partial charge is 0.489 e. The van der Waals surface area contributed by atoms with Crippen molar-refractivity contribution in [2.45, 2.75) is 51.2 Å². The molecular formula is C26H35NO4S. The van der Waals surface area contributed by atoms with Gasteiger partial charge in [-0.15, -0.1) is 0 Å². The lowest BCUT2D eigenvalue weighted by Crippen LogP contribution is -2.38. The fraction of sp³-hybridized carbons (Fsp3) is 0.500. The van der Waals surface area contributed by atoms with E-state index in [1.165, 1.54) is 31.9 Å². The zero-order chi connectivity index (χ0) is 22.8. The van der Waals surface area contributed by atoms with Crippen molar-refractivity contribution in [3.8, 4) is 16.9 Å². The first-order valence-electron chi connectivity index (χ1n) is 11.6. The molecular weight excluding hydrogens is 422 g/mol. The molecule has 2 aromatic carbocycles. The second kappa shape index (κ2) is 12.9. The number of methoxy groups -OCH3 is 1. The number of benzene rings is 2. The van der Waals surface area contributed by atoms with Gasteiger partial charge in [-0.3, -0.25) is 0 Å². The lowest BCUT2D eigenvalue weighted by atomic mass is 9.96. The van der Waals surface area contributed by atoms with Gasteiger partial charge in [-0.2, -0.15) is 11.8 Å². The molecule has 1 aliphatic heterocycles. The van der Waals surface area contributed by atoms with E-state index in [-0.39, 0.29) is 18.2 Å². The third-order valence-electron chi connectivity index (χ3n) is 5.68. The molecule has 0 bridgehead atoms. The lowest BCUT2D eigenvalue weighted by molar-refractivity contribution is 0.0600. The van der Waals surface area contributed by atoms with Gasteiger partial charge in [0.05, 0.1) is 18.8 Å². The molecule has 0 saturated heterocycles. The van der Waals surface area contributed by atoms with Crippen LogP contribution in [0.1, 0.15) is 48.5 Å². The second-order valence-electron chi connectivity index (χ2n) is 8.26. The monoisotopic (exact) mass is 457 g/mol. The summed E-state index contributed by atoms with van der Waals surface area (Å²) >= 11 is 1.84. The lowest BCUT2D eigenvalue weighted by Gasteiger charge is -2.27. The Labute approximate surface area is 195 Å². The molecule has 0 amide bonds. The third kappa shape index (κ3) is 7.26. The van der Waals surface area contributed by atoms with Crippen molar-refractivity contribution in [2.24, 2.45) is 0 Å². The van der Waals surface area contributed by atoms with Crippen LogP contribution in [0.2, 0.25) is 0 Å². The minimum atomic E-state index is -0.326. The average Bonchev–Trinajstić information content (AvgIpc) is 2.83. The fourth-order valence-corrected chi connectivity index (χ4v) is 4.79. The van der Waals surface area contributed by atoms with E-state index in [0.29, 0.717) is 12.1 Å². The van der Waals surface area contributed by atoms with Crippen LogP contribution in [-0.2, 0) is 11.2 Å². The van der Waals surface area contributed by atoms with Gasteiger partial charge in [-0.05, 0) is 66.0 Å². The quantitative estimate of drug-likeness (QED) is 0.355. The highest BCUT2D eigenvalue weighted by Crippen LogP contribution is 2.32. The number of aliphatic hydroxyl groups excluding tert-OH is 1. The number of unbranched alkanes of at least 4 members (excludes halogenated alkanes) is 2. The molecule has 0 spiro atoms. The first-order valence-corrected chi connectivity index (χ1v) is 12.7. The molecule has 6 heteroatoms. The maximum atomic E-state index is 11.6. The van der Waals surface area contributed by atoms with Crippen molar-refractivity contribution in [1.82, 2.24) is 5.32 Å². The summed E-state index contributed by atoms with van der Waals surface area (Å²) < 4.78 is 10.9. The number of hydrogen-bond acceptors (Lipinski definition) is 6. The summed E-state index contributed by atoms with van der Waals surface area (Å²) in [7, 11) is 1.39. The minimum Gasteiger partial charge on any atom is -0.489 e. The Morgan fingerprint density at radius 1 is 1.22 bits per heavy atom. The fourth-order valence-electron chi connectivity index (χ4n) is 3.83. The standard InChI is InChI=1S/C26H35NO4S/c1-3-4-5-14-32-18-23(28)16-27-17-24-12-10-22-15-21(11-13-25(22)31-24)19-6-8-20(9-7-19)26(29)30-2/h6-9,11,13,15,23-24,27-28H,3-5,10,12,14,16-18H2,1-2H3/t23-,24+/m0/s1. The number of aliphatic hydroxyl groups is 1. The Morgan fingerprint density at radius 2 is 2.00 bits per heavy atom. The maximum Gasteiger partial charge on any atom is 0.337 e. The van der Waals surface area contributed by atoms with Crippen LogP contribution in [0, 0.1) is 0 Å². The van der Waals surface area contributed by atoms with Crippen LogP contribution in [0.25, 0.3) is 11.1 Å². The molecule has 174 valence electrons. The first kappa shape index (κ1) is 24.6. The molecule has 0 unspecified atom stereocenters. The van der Waals surface area contributed by atoms with Crippen LogP contribution in [-0.4, -0.2) is 55.0 Å². The van der Waals surface area contributed by atoms with E-state index in [9.17, 15) is 9.90 Å². The van der Waals surface area contributed by atoms with E-state index in [4.69, 9.17) is 9.47 Å². The van der Waals surface area contributed by atoms with E-state index in [1.807, 2.05) is 30.0 Å². The van der Waals surface area contributed by atoms with Gasteiger partial charge in [0, 0.05) is 18.8 Å². The molecule has 2 N–H and O–H groups in total. The second-order valence-corrected chi connectivity index (χ2v) is 9.41. The van der Waals surface area contributed by atoms with Gasteiger partial charge in [0.1, 0.15) is 11.9 Å². The highest BCUT2D eigenvalue weighted by atomic mass is 32.2. The normalized spacial score (nSPS) is 16.2. The molecule has 0 radical (unpaired) electrons. The summed E-state index contributed by atoms with van der Waals surface area (Å²) in [6.45, 7) is 3.56. The average molecular weight is 458 g/mol. The van der Waals surface area contributed by atoms with Gasteiger partial charge >= 0.3 is 5.97 Å². The molecule has 2 atom stereocenters. The van der Waals surface area contributed by atoms with Crippen LogP contribution >= 0.6 is 11.8 Å². The molecule has 5 nitrogen and oxygen atoms in total.